The number of carbonyl (C=O) groups excluding carboxylic acids is 1. The Labute approximate surface area is 88.1 Å². The molecule has 3 atom stereocenters. The molecule has 1 amide bonds. The molecule has 82 valence electrons. The summed E-state index contributed by atoms with van der Waals surface area (Å²) < 4.78 is 0. The maximum atomic E-state index is 11.4. The fraction of sp³-hybridized carbons (Fsp3) is 0.700. The lowest BCUT2D eigenvalue weighted by Crippen LogP contribution is -2.32. The van der Waals surface area contributed by atoms with Crippen molar-refractivity contribution in [3.63, 3.8) is 0 Å². The lowest BCUT2D eigenvalue weighted by molar-refractivity contribution is -0.145. The van der Waals surface area contributed by atoms with Gasteiger partial charge in [0.05, 0.1) is 11.8 Å². The number of carboxylic acids is 1. The van der Waals surface area contributed by atoms with E-state index >= 15 is 0 Å². The summed E-state index contributed by atoms with van der Waals surface area (Å²) in [4.78, 5) is 22.3. The number of nitriles is 1. The van der Waals surface area contributed by atoms with Crippen molar-refractivity contribution in [2.75, 3.05) is 0 Å². The van der Waals surface area contributed by atoms with Crippen LogP contribution < -0.4 is 5.32 Å². The summed E-state index contributed by atoms with van der Waals surface area (Å²) in [5, 5.41) is 19.3. The third-order valence-electron chi connectivity index (χ3n) is 3.07. The molecule has 5 heteroatoms. The van der Waals surface area contributed by atoms with E-state index in [1.807, 2.05) is 12.2 Å². The van der Waals surface area contributed by atoms with Crippen molar-refractivity contribution < 1.29 is 14.7 Å². The van der Waals surface area contributed by atoms with Crippen molar-refractivity contribution in [2.24, 2.45) is 17.8 Å². The highest BCUT2D eigenvalue weighted by Gasteiger charge is 2.41. The Morgan fingerprint density at radius 1 is 1.47 bits per heavy atom. The highest BCUT2D eigenvalue weighted by atomic mass is 16.4. The number of hydrogen-bond acceptors (Lipinski definition) is 3. The predicted octanol–water partition coefficient (Wildman–Crippen LogP) is 0.721. The van der Waals surface area contributed by atoms with E-state index in [1.165, 1.54) is 0 Å². The molecule has 1 rings (SSSR count). The van der Waals surface area contributed by atoms with Gasteiger partial charge in [-0.3, -0.25) is 14.9 Å². The molecule has 0 radical (unpaired) electrons. The van der Waals surface area contributed by atoms with E-state index in [1.54, 1.807) is 6.19 Å². The van der Waals surface area contributed by atoms with Crippen molar-refractivity contribution in [3.8, 4) is 6.19 Å². The van der Waals surface area contributed by atoms with Gasteiger partial charge in [0.15, 0.2) is 6.19 Å². The highest BCUT2D eigenvalue weighted by Crippen LogP contribution is 2.38. The number of carboxylic acid groups (broad SMARTS) is 1. The van der Waals surface area contributed by atoms with E-state index < -0.39 is 23.7 Å². The van der Waals surface area contributed by atoms with Crippen molar-refractivity contribution in [1.82, 2.24) is 5.32 Å². The molecule has 0 aromatic rings. The van der Waals surface area contributed by atoms with Gasteiger partial charge in [-0.1, -0.05) is 13.3 Å². The fourth-order valence-corrected chi connectivity index (χ4v) is 2.19. The van der Waals surface area contributed by atoms with Crippen LogP contribution in [-0.4, -0.2) is 17.0 Å². The minimum Gasteiger partial charge on any atom is -0.481 e. The summed E-state index contributed by atoms with van der Waals surface area (Å²) in [5.41, 5.74) is 0. The minimum atomic E-state index is -0.941. The summed E-state index contributed by atoms with van der Waals surface area (Å²) >= 11 is 0. The van der Waals surface area contributed by atoms with Crippen LogP contribution in [0.3, 0.4) is 0 Å². The molecule has 0 saturated heterocycles. The second-order valence-corrected chi connectivity index (χ2v) is 3.90. The number of aliphatic carboxylic acids is 1. The zero-order chi connectivity index (χ0) is 11.4. The van der Waals surface area contributed by atoms with E-state index in [0.29, 0.717) is 12.8 Å². The third kappa shape index (κ3) is 2.46. The Morgan fingerprint density at radius 2 is 2.07 bits per heavy atom. The summed E-state index contributed by atoms with van der Waals surface area (Å²) in [6.07, 6.45) is 3.53. The molecular weight excluding hydrogens is 196 g/mol. The van der Waals surface area contributed by atoms with E-state index in [2.05, 4.69) is 0 Å². The summed E-state index contributed by atoms with van der Waals surface area (Å²) in [6, 6.07) is 0. The molecule has 1 aliphatic rings. The molecule has 15 heavy (non-hydrogen) atoms. The summed E-state index contributed by atoms with van der Waals surface area (Å²) in [6.45, 7) is 1.98. The van der Waals surface area contributed by atoms with Crippen LogP contribution in [0.4, 0.5) is 0 Å². The van der Waals surface area contributed by atoms with Gasteiger partial charge in [0.25, 0.3) is 0 Å². The van der Waals surface area contributed by atoms with Crippen LogP contribution in [0.1, 0.15) is 26.2 Å². The lowest BCUT2D eigenvalue weighted by Gasteiger charge is -2.11. The van der Waals surface area contributed by atoms with Crippen molar-refractivity contribution >= 4 is 11.9 Å². The molecule has 0 aliphatic heterocycles. The Morgan fingerprint density at radius 3 is 2.53 bits per heavy atom. The fourth-order valence-electron chi connectivity index (χ4n) is 2.19. The third-order valence-corrected chi connectivity index (χ3v) is 3.07. The second kappa shape index (κ2) is 4.78. The van der Waals surface area contributed by atoms with Gasteiger partial charge in [0.2, 0.25) is 5.91 Å². The van der Waals surface area contributed by atoms with Crippen LogP contribution >= 0.6 is 0 Å². The maximum absolute atomic E-state index is 11.4. The van der Waals surface area contributed by atoms with Crippen LogP contribution in [0.25, 0.3) is 0 Å². The molecule has 0 aromatic heterocycles. The van der Waals surface area contributed by atoms with Crippen LogP contribution in [0.5, 0.6) is 0 Å². The van der Waals surface area contributed by atoms with Crippen LogP contribution in [0.2, 0.25) is 0 Å². The molecule has 2 N–H and O–H groups in total. The van der Waals surface area contributed by atoms with Gasteiger partial charge in [-0.05, 0) is 18.8 Å². The summed E-state index contributed by atoms with van der Waals surface area (Å²) in [5.74, 6) is -2.30. The SMILES string of the molecule is CCC1CC(C(=O)O)C(C(=O)NC#N)C1. The van der Waals surface area contributed by atoms with Crippen LogP contribution in [-0.2, 0) is 9.59 Å². The number of nitrogens with zero attached hydrogens (tertiary/aromatic N) is 1. The number of amides is 1. The molecule has 1 saturated carbocycles. The highest BCUT2D eigenvalue weighted by molar-refractivity contribution is 5.86. The molecule has 0 spiro atoms. The van der Waals surface area contributed by atoms with Gasteiger partial charge >= 0.3 is 5.97 Å². The summed E-state index contributed by atoms with van der Waals surface area (Å²) in [7, 11) is 0. The Bertz CT molecular complexity index is 308. The first-order chi connectivity index (χ1) is 7.10. The van der Waals surface area contributed by atoms with Gasteiger partial charge in [0, 0.05) is 0 Å². The predicted molar refractivity (Wildman–Crippen MR) is 51.4 cm³/mol. The van der Waals surface area contributed by atoms with Crippen LogP contribution in [0, 0.1) is 29.2 Å². The Hall–Kier alpha value is -1.57. The monoisotopic (exact) mass is 210 g/mol. The van der Waals surface area contributed by atoms with Crippen molar-refractivity contribution in [1.29, 1.82) is 5.26 Å². The number of rotatable bonds is 3. The van der Waals surface area contributed by atoms with Gasteiger partial charge in [-0.25, -0.2) is 0 Å². The quantitative estimate of drug-likeness (QED) is 0.530. The minimum absolute atomic E-state index is 0.278. The molecule has 5 nitrogen and oxygen atoms in total. The topological polar surface area (TPSA) is 90.2 Å². The molecule has 1 fully saturated rings. The number of carbonyl (C=O) groups is 2. The molecule has 1 aliphatic carbocycles. The molecule has 0 aromatic carbocycles. The van der Waals surface area contributed by atoms with E-state index in [4.69, 9.17) is 10.4 Å². The van der Waals surface area contributed by atoms with Crippen molar-refractivity contribution in [2.45, 2.75) is 26.2 Å². The number of nitrogens with one attached hydrogen (secondary N) is 1. The van der Waals surface area contributed by atoms with Gasteiger partial charge in [-0.15, -0.1) is 0 Å². The molecular formula is C10H14N2O3. The molecule has 0 bridgehead atoms. The average Bonchev–Trinajstić information content (AvgIpc) is 2.61. The maximum Gasteiger partial charge on any atom is 0.307 e. The second-order valence-electron chi connectivity index (χ2n) is 3.90. The molecule has 0 heterocycles. The first-order valence-corrected chi connectivity index (χ1v) is 5.01. The Balaban J connectivity index is 2.73. The average molecular weight is 210 g/mol. The first-order valence-electron chi connectivity index (χ1n) is 5.01. The normalized spacial score (nSPS) is 29.5. The first kappa shape index (κ1) is 11.5. The molecule has 3 unspecified atom stereocenters. The Kier molecular flexibility index (Phi) is 3.67. The van der Waals surface area contributed by atoms with Crippen LogP contribution in [0.15, 0.2) is 0 Å². The zero-order valence-electron chi connectivity index (χ0n) is 8.56. The van der Waals surface area contributed by atoms with E-state index in [0.717, 1.165) is 6.42 Å². The smallest absolute Gasteiger partial charge is 0.307 e. The number of hydrogen-bond donors (Lipinski definition) is 2. The standard InChI is InChI=1S/C10H14N2O3/c1-2-6-3-7(9(13)12-5-11)8(4-6)10(14)15/h6-8H,2-4H2,1H3,(H,12,13)(H,14,15). The largest absolute Gasteiger partial charge is 0.481 e. The van der Waals surface area contributed by atoms with Crippen molar-refractivity contribution in [3.05, 3.63) is 0 Å². The van der Waals surface area contributed by atoms with E-state index in [9.17, 15) is 9.59 Å². The van der Waals surface area contributed by atoms with Gasteiger partial charge < -0.3 is 5.11 Å². The van der Waals surface area contributed by atoms with Gasteiger partial charge in [0.1, 0.15) is 0 Å². The lowest BCUT2D eigenvalue weighted by atomic mass is 9.95. The van der Waals surface area contributed by atoms with Gasteiger partial charge in [-0.2, -0.15) is 5.26 Å². The van der Waals surface area contributed by atoms with E-state index in [-0.39, 0.29) is 5.92 Å². The zero-order valence-corrected chi connectivity index (χ0v) is 8.56.